The Morgan fingerprint density at radius 3 is 2.08 bits per heavy atom. The average molecular weight is 643 g/mol. The Bertz CT molecular complexity index is 1940. The number of rotatable bonds is 6. The summed E-state index contributed by atoms with van der Waals surface area (Å²) in [6, 6.07) is 19.6. The molecule has 1 N–H and O–H groups in total. The third kappa shape index (κ3) is 5.49. The Morgan fingerprint density at radius 1 is 0.812 bits per heavy atom. The molecule has 0 saturated heterocycles. The van der Waals surface area contributed by atoms with Gasteiger partial charge in [-0.25, -0.2) is 0 Å². The molecule has 3 aliphatic carbocycles. The number of nitrogens with zero attached hydrogens (tertiary/aromatic N) is 2. The third-order valence-corrected chi connectivity index (χ3v) is 10.3. The van der Waals surface area contributed by atoms with Crippen molar-refractivity contribution >= 4 is 17.3 Å². The van der Waals surface area contributed by atoms with Crippen molar-refractivity contribution < 1.29 is 24.2 Å². The Labute approximate surface area is 282 Å². The zero-order chi connectivity index (χ0) is 34.0. The molecule has 0 bridgehead atoms. The van der Waals surface area contributed by atoms with Gasteiger partial charge in [0, 0.05) is 60.1 Å². The number of hydrogen-bond donors (Lipinski definition) is 1. The number of pyridine rings is 1. The van der Waals surface area contributed by atoms with Gasteiger partial charge in [0.15, 0.2) is 11.6 Å². The van der Waals surface area contributed by atoms with Gasteiger partial charge in [0.2, 0.25) is 0 Å². The van der Waals surface area contributed by atoms with E-state index in [9.17, 15) is 14.7 Å². The highest BCUT2D eigenvalue weighted by Crippen LogP contribution is 2.54. The monoisotopic (exact) mass is 642 g/mol. The number of carbonyl (C=O) groups is 2. The summed E-state index contributed by atoms with van der Waals surface area (Å²) in [6.07, 6.45) is 5.83. The van der Waals surface area contributed by atoms with Gasteiger partial charge in [-0.2, -0.15) is 0 Å². The second kappa shape index (κ2) is 11.7. The summed E-state index contributed by atoms with van der Waals surface area (Å²) >= 11 is 0. The molecule has 1 aliphatic heterocycles. The summed E-state index contributed by atoms with van der Waals surface area (Å²) in [7, 11) is 3.27. The fraction of sp³-hybridized carbons (Fsp3) is 0.366. The van der Waals surface area contributed by atoms with Crippen LogP contribution < -0.4 is 9.47 Å². The topological polar surface area (TPSA) is 98.1 Å². The van der Waals surface area contributed by atoms with E-state index in [1.165, 1.54) is 0 Å². The number of ether oxygens (including phenoxy) is 2. The van der Waals surface area contributed by atoms with Crippen LogP contribution in [0.1, 0.15) is 93.5 Å². The summed E-state index contributed by atoms with van der Waals surface area (Å²) in [5, 5.41) is 11.6. The van der Waals surface area contributed by atoms with E-state index in [0.29, 0.717) is 37.0 Å². The van der Waals surface area contributed by atoms with Crippen LogP contribution in [0.25, 0.3) is 0 Å². The number of carbonyl (C=O) groups excluding carboxylic acids is 2. The zero-order valence-corrected chi connectivity index (χ0v) is 28.5. The lowest BCUT2D eigenvalue weighted by Crippen LogP contribution is -2.36. The quantitative estimate of drug-likeness (QED) is 0.290. The van der Waals surface area contributed by atoms with E-state index in [-0.39, 0.29) is 40.0 Å². The highest BCUT2D eigenvalue weighted by molar-refractivity contribution is 6.18. The van der Waals surface area contributed by atoms with Crippen molar-refractivity contribution in [2.75, 3.05) is 14.2 Å². The van der Waals surface area contributed by atoms with Crippen LogP contribution in [0.3, 0.4) is 0 Å². The largest absolute Gasteiger partial charge is 0.512 e. The first-order chi connectivity index (χ1) is 22.9. The number of ketones is 2. The lowest BCUT2D eigenvalue weighted by molar-refractivity contribution is -0.119. The van der Waals surface area contributed by atoms with Crippen LogP contribution in [0.5, 0.6) is 11.5 Å². The van der Waals surface area contributed by atoms with E-state index in [0.717, 1.165) is 50.7 Å². The van der Waals surface area contributed by atoms with Crippen molar-refractivity contribution in [3.05, 3.63) is 123 Å². The summed E-state index contributed by atoms with van der Waals surface area (Å²) in [6.45, 7) is 8.27. The molecule has 0 fully saturated rings. The van der Waals surface area contributed by atoms with E-state index >= 15 is 0 Å². The molecule has 1 aromatic heterocycles. The third-order valence-electron chi connectivity index (χ3n) is 10.3. The molecule has 3 aromatic rings. The Morgan fingerprint density at radius 2 is 1.44 bits per heavy atom. The number of allylic oxidation sites excluding steroid dienone is 6. The average Bonchev–Trinajstić information content (AvgIpc) is 3.04. The van der Waals surface area contributed by atoms with Gasteiger partial charge in [0.25, 0.3) is 0 Å². The highest BCUT2D eigenvalue weighted by Gasteiger charge is 2.47. The lowest BCUT2D eigenvalue weighted by Gasteiger charge is -2.41. The number of hydrogen-bond acceptors (Lipinski definition) is 7. The number of aliphatic hydroxyl groups is 1. The molecule has 2 heterocycles. The van der Waals surface area contributed by atoms with E-state index in [4.69, 9.17) is 19.5 Å². The van der Waals surface area contributed by atoms with Gasteiger partial charge >= 0.3 is 0 Å². The number of Topliss-reactive ketones (excluding diaryl/α,β-unsaturated/α-hetero) is 2. The molecule has 0 saturated carbocycles. The predicted molar refractivity (Wildman–Crippen MR) is 186 cm³/mol. The van der Waals surface area contributed by atoms with Crippen LogP contribution in [0.2, 0.25) is 0 Å². The van der Waals surface area contributed by atoms with E-state index in [1.54, 1.807) is 20.4 Å². The van der Waals surface area contributed by atoms with Crippen LogP contribution in [0, 0.1) is 10.8 Å². The molecule has 0 amide bonds. The second-order valence-corrected chi connectivity index (χ2v) is 15.1. The number of aromatic nitrogens is 1. The van der Waals surface area contributed by atoms with E-state index in [2.05, 4.69) is 26.0 Å². The van der Waals surface area contributed by atoms with Crippen LogP contribution >= 0.6 is 0 Å². The maximum atomic E-state index is 14.1. The van der Waals surface area contributed by atoms with Crippen molar-refractivity contribution in [3.63, 3.8) is 0 Å². The highest BCUT2D eigenvalue weighted by atomic mass is 16.5. The van der Waals surface area contributed by atoms with Gasteiger partial charge in [-0.05, 0) is 69.8 Å². The van der Waals surface area contributed by atoms with Gasteiger partial charge in [-0.1, -0.05) is 64.1 Å². The van der Waals surface area contributed by atoms with E-state index < -0.39 is 5.92 Å². The minimum Gasteiger partial charge on any atom is -0.512 e. The molecule has 7 rings (SSSR count). The van der Waals surface area contributed by atoms with Gasteiger partial charge in [-0.3, -0.25) is 19.6 Å². The number of fused-ring (bicyclic) bond motifs is 3. The number of benzene rings is 2. The van der Waals surface area contributed by atoms with Gasteiger partial charge in [0.1, 0.15) is 17.3 Å². The standard InChI is InChI=1S/C41H42N2O5/c1-40(2)19-30-36(31(44)20-40)35(24-11-15-26(48-6)16-12-24)29-18-28(27-8-7-17-42-38(27)39(29)43-30)34(23-9-13-25(47-5)14-10-23)37-32(45)21-41(3,4)22-33(37)46/h7-18,28,34-35,45H,19-22H2,1-6H3. The minimum absolute atomic E-state index is 0.0575. The zero-order valence-electron chi connectivity index (χ0n) is 28.5. The molecule has 4 aliphatic rings. The molecule has 2 aromatic carbocycles. The second-order valence-electron chi connectivity index (χ2n) is 15.1. The Balaban J connectivity index is 1.49. The van der Waals surface area contributed by atoms with Gasteiger partial charge < -0.3 is 14.6 Å². The first-order valence-electron chi connectivity index (χ1n) is 16.6. The molecular formula is C41H42N2O5. The molecule has 0 radical (unpaired) electrons. The fourth-order valence-corrected chi connectivity index (χ4v) is 8.19. The number of aliphatic hydroxyl groups excluding tert-OH is 1. The first kappa shape index (κ1) is 31.8. The predicted octanol–water partition coefficient (Wildman–Crippen LogP) is 8.34. The normalized spacial score (nSPS) is 23.4. The van der Waals surface area contributed by atoms with Crippen LogP contribution in [0.15, 0.2) is 106 Å². The molecule has 3 unspecified atom stereocenters. The summed E-state index contributed by atoms with van der Waals surface area (Å²) in [4.78, 5) is 38.3. The summed E-state index contributed by atoms with van der Waals surface area (Å²) in [5.41, 5.74) is 6.59. The first-order valence-corrected chi connectivity index (χ1v) is 16.6. The van der Waals surface area contributed by atoms with Crippen molar-refractivity contribution in [3.8, 4) is 11.5 Å². The number of aliphatic imine (C=N–C) groups is 1. The Kier molecular flexibility index (Phi) is 7.77. The summed E-state index contributed by atoms with van der Waals surface area (Å²) in [5.74, 6) is 0.349. The molecule has 7 nitrogen and oxygen atoms in total. The number of methoxy groups -OCH3 is 2. The van der Waals surface area contributed by atoms with Crippen molar-refractivity contribution in [1.29, 1.82) is 0 Å². The molecular weight excluding hydrogens is 600 g/mol. The molecule has 48 heavy (non-hydrogen) atoms. The SMILES string of the molecule is COc1ccc(C2C3=CC(C(C4=C(O)CC(C)(C)CC4=O)c4ccc(OC)cc4)c4cccnc4C3=NC3=C2C(=O)CC(C)(C)C3)cc1. The molecule has 3 atom stereocenters. The molecule has 246 valence electrons. The fourth-order valence-electron chi connectivity index (χ4n) is 8.19. The molecule has 0 spiro atoms. The molecule has 7 heteroatoms. The van der Waals surface area contributed by atoms with Gasteiger partial charge in [0.05, 0.1) is 25.6 Å². The van der Waals surface area contributed by atoms with Gasteiger partial charge in [-0.15, -0.1) is 0 Å². The maximum Gasteiger partial charge on any atom is 0.163 e. The smallest absolute Gasteiger partial charge is 0.163 e. The Hall–Kier alpha value is -4.78. The van der Waals surface area contributed by atoms with Crippen molar-refractivity contribution in [2.45, 2.75) is 71.1 Å². The van der Waals surface area contributed by atoms with Crippen LogP contribution in [0.4, 0.5) is 0 Å². The van der Waals surface area contributed by atoms with E-state index in [1.807, 2.05) is 68.4 Å². The van der Waals surface area contributed by atoms with Crippen molar-refractivity contribution in [2.24, 2.45) is 15.8 Å². The van der Waals surface area contributed by atoms with Crippen molar-refractivity contribution in [1.82, 2.24) is 4.98 Å². The maximum absolute atomic E-state index is 14.1. The summed E-state index contributed by atoms with van der Waals surface area (Å²) < 4.78 is 11.0. The van der Waals surface area contributed by atoms with Crippen LogP contribution in [-0.2, 0) is 9.59 Å². The minimum atomic E-state index is -0.510. The van der Waals surface area contributed by atoms with Crippen LogP contribution in [-0.4, -0.2) is 41.6 Å². The lowest BCUT2D eigenvalue weighted by atomic mass is 9.63.